The summed E-state index contributed by atoms with van der Waals surface area (Å²) in [7, 11) is 1.91. The van der Waals surface area contributed by atoms with Gasteiger partial charge in [-0.1, -0.05) is 6.07 Å². The van der Waals surface area contributed by atoms with Gasteiger partial charge in [0, 0.05) is 38.1 Å². The number of likely N-dealkylation sites (N-methyl/N-ethyl adjacent to an activating group) is 1. The molecule has 96 valence electrons. The van der Waals surface area contributed by atoms with Crippen molar-refractivity contribution in [2.45, 2.75) is 6.42 Å². The Labute approximate surface area is 112 Å². The molecule has 2 aromatic rings. The molecule has 0 radical (unpaired) electrons. The van der Waals surface area contributed by atoms with Gasteiger partial charge in [-0.25, -0.2) is 4.98 Å². The number of nitrogens with zero attached hydrogens (tertiary/aromatic N) is 4. The van der Waals surface area contributed by atoms with E-state index in [0.29, 0.717) is 17.1 Å². The number of hydrogen-bond donors (Lipinski definition) is 1. The molecule has 2 aromatic heterocycles. The first kappa shape index (κ1) is 12.8. The van der Waals surface area contributed by atoms with Crippen LogP contribution in [0.5, 0.6) is 0 Å². The number of nitriles is 1. The largest absolute Gasteiger partial charge is 0.395 e. The second-order valence-electron chi connectivity index (χ2n) is 4.20. The van der Waals surface area contributed by atoms with Gasteiger partial charge >= 0.3 is 0 Å². The van der Waals surface area contributed by atoms with Crippen molar-refractivity contribution >= 4 is 11.5 Å². The standard InChI is InChI=1S/C14H15N5/c1-19(9-6-12-4-2-3-7-17-12)14-13(16)11(10-15)5-8-18-14/h2-5,7-8H,6,9,16H2,1H3. The van der Waals surface area contributed by atoms with Gasteiger partial charge in [-0.2, -0.15) is 5.26 Å². The van der Waals surface area contributed by atoms with Crippen molar-refractivity contribution in [3.8, 4) is 6.07 Å². The number of pyridine rings is 2. The highest BCUT2D eigenvalue weighted by atomic mass is 15.2. The van der Waals surface area contributed by atoms with Crippen LogP contribution in [0.25, 0.3) is 0 Å². The predicted octanol–water partition coefficient (Wildman–Crippen LogP) is 1.61. The quantitative estimate of drug-likeness (QED) is 0.895. The first-order chi connectivity index (χ1) is 9.22. The molecule has 0 saturated carbocycles. The summed E-state index contributed by atoms with van der Waals surface area (Å²) in [5, 5.41) is 8.95. The Kier molecular flexibility index (Phi) is 3.94. The molecule has 0 atom stereocenters. The zero-order valence-electron chi connectivity index (χ0n) is 10.7. The molecule has 0 bridgehead atoms. The van der Waals surface area contributed by atoms with E-state index in [1.165, 1.54) is 0 Å². The molecule has 2 N–H and O–H groups in total. The fraction of sp³-hybridized carbons (Fsp3) is 0.214. The highest BCUT2D eigenvalue weighted by Gasteiger charge is 2.10. The second-order valence-corrected chi connectivity index (χ2v) is 4.20. The molecule has 2 rings (SSSR count). The molecule has 2 heterocycles. The third-order valence-corrected chi connectivity index (χ3v) is 2.88. The van der Waals surface area contributed by atoms with E-state index in [4.69, 9.17) is 11.0 Å². The first-order valence-corrected chi connectivity index (χ1v) is 5.98. The molecule has 0 aliphatic rings. The average molecular weight is 253 g/mol. The van der Waals surface area contributed by atoms with Crippen LogP contribution in [0.4, 0.5) is 11.5 Å². The van der Waals surface area contributed by atoms with Crippen LogP contribution in [-0.4, -0.2) is 23.6 Å². The maximum absolute atomic E-state index is 8.95. The third-order valence-electron chi connectivity index (χ3n) is 2.88. The van der Waals surface area contributed by atoms with E-state index in [0.717, 1.165) is 18.7 Å². The van der Waals surface area contributed by atoms with Gasteiger partial charge in [0.2, 0.25) is 0 Å². The zero-order valence-corrected chi connectivity index (χ0v) is 10.7. The molecule has 0 amide bonds. The van der Waals surface area contributed by atoms with E-state index in [2.05, 4.69) is 16.0 Å². The molecular formula is C14H15N5. The van der Waals surface area contributed by atoms with Gasteiger partial charge in [-0.05, 0) is 18.2 Å². The number of nitrogens with two attached hydrogens (primary N) is 1. The van der Waals surface area contributed by atoms with Crippen LogP contribution in [-0.2, 0) is 6.42 Å². The highest BCUT2D eigenvalue weighted by Crippen LogP contribution is 2.22. The minimum absolute atomic E-state index is 0.425. The molecule has 5 heteroatoms. The van der Waals surface area contributed by atoms with Crippen LogP contribution in [0.15, 0.2) is 36.7 Å². The lowest BCUT2D eigenvalue weighted by atomic mass is 10.2. The van der Waals surface area contributed by atoms with E-state index < -0.39 is 0 Å². The van der Waals surface area contributed by atoms with Crippen LogP contribution >= 0.6 is 0 Å². The normalized spacial score (nSPS) is 9.89. The lowest BCUT2D eigenvalue weighted by Crippen LogP contribution is -2.23. The Bertz CT molecular complexity index is 589. The van der Waals surface area contributed by atoms with E-state index >= 15 is 0 Å². The second kappa shape index (κ2) is 5.83. The fourth-order valence-corrected chi connectivity index (χ4v) is 1.80. The van der Waals surface area contributed by atoms with E-state index in [1.807, 2.05) is 30.1 Å². The zero-order chi connectivity index (χ0) is 13.7. The van der Waals surface area contributed by atoms with Crippen molar-refractivity contribution < 1.29 is 0 Å². The predicted molar refractivity (Wildman–Crippen MR) is 74.6 cm³/mol. The van der Waals surface area contributed by atoms with Gasteiger partial charge in [-0.15, -0.1) is 0 Å². The summed E-state index contributed by atoms with van der Waals surface area (Å²) in [5.41, 5.74) is 7.82. The lowest BCUT2D eigenvalue weighted by Gasteiger charge is -2.19. The van der Waals surface area contributed by atoms with Crippen LogP contribution < -0.4 is 10.6 Å². The Hall–Kier alpha value is -2.61. The van der Waals surface area contributed by atoms with Crippen molar-refractivity contribution in [1.82, 2.24) is 9.97 Å². The van der Waals surface area contributed by atoms with Gasteiger partial charge in [0.25, 0.3) is 0 Å². The summed E-state index contributed by atoms with van der Waals surface area (Å²) in [5.74, 6) is 0.634. The molecular weight excluding hydrogens is 238 g/mol. The topological polar surface area (TPSA) is 78.8 Å². The monoisotopic (exact) mass is 253 g/mol. The molecule has 0 aromatic carbocycles. The Balaban J connectivity index is 2.09. The SMILES string of the molecule is CN(CCc1ccccn1)c1nccc(C#N)c1N. The third kappa shape index (κ3) is 2.99. The number of nitrogen functional groups attached to an aromatic ring is 1. The minimum Gasteiger partial charge on any atom is -0.395 e. The number of aromatic nitrogens is 2. The number of hydrogen-bond acceptors (Lipinski definition) is 5. The molecule has 19 heavy (non-hydrogen) atoms. The Morgan fingerprint density at radius 1 is 1.26 bits per heavy atom. The average Bonchev–Trinajstić information content (AvgIpc) is 2.46. The highest BCUT2D eigenvalue weighted by molar-refractivity contribution is 5.69. The molecule has 0 saturated heterocycles. The smallest absolute Gasteiger partial charge is 0.152 e. The minimum atomic E-state index is 0.425. The summed E-state index contributed by atoms with van der Waals surface area (Å²) in [6.45, 7) is 0.739. The summed E-state index contributed by atoms with van der Waals surface area (Å²) in [4.78, 5) is 10.4. The molecule has 0 spiro atoms. The molecule has 0 unspecified atom stereocenters. The molecule has 5 nitrogen and oxygen atoms in total. The van der Waals surface area contributed by atoms with Gasteiger partial charge in [0.1, 0.15) is 6.07 Å². The maximum Gasteiger partial charge on any atom is 0.152 e. The summed E-state index contributed by atoms with van der Waals surface area (Å²) >= 11 is 0. The Morgan fingerprint density at radius 3 is 2.79 bits per heavy atom. The molecule has 0 aliphatic heterocycles. The van der Waals surface area contributed by atoms with Gasteiger partial charge in [0.15, 0.2) is 5.82 Å². The van der Waals surface area contributed by atoms with Crippen molar-refractivity contribution in [2.75, 3.05) is 24.2 Å². The summed E-state index contributed by atoms with van der Waals surface area (Å²) < 4.78 is 0. The van der Waals surface area contributed by atoms with E-state index in [9.17, 15) is 0 Å². The summed E-state index contributed by atoms with van der Waals surface area (Å²) in [6, 6.07) is 9.51. The van der Waals surface area contributed by atoms with E-state index in [1.54, 1.807) is 18.5 Å². The van der Waals surface area contributed by atoms with Gasteiger partial charge < -0.3 is 10.6 Å². The molecule has 0 aliphatic carbocycles. The van der Waals surface area contributed by atoms with Crippen molar-refractivity contribution in [1.29, 1.82) is 5.26 Å². The number of rotatable bonds is 4. The lowest BCUT2D eigenvalue weighted by molar-refractivity contribution is 0.840. The first-order valence-electron chi connectivity index (χ1n) is 5.98. The van der Waals surface area contributed by atoms with Crippen LogP contribution in [0.2, 0.25) is 0 Å². The number of anilines is 2. The van der Waals surface area contributed by atoms with Crippen molar-refractivity contribution in [3.63, 3.8) is 0 Å². The van der Waals surface area contributed by atoms with Crippen molar-refractivity contribution in [3.05, 3.63) is 47.9 Å². The van der Waals surface area contributed by atoms with Crippen LogP contribution in [0.3, 0.4) is 0 Å². The fourth-order valence-electron chi connectivity index (χ4n) is 1.80. The maximum atomic E-state index is 8.95. The molecule has 0 fully saturated rings. The van der Waals surface area contributed by atoms with E-state index in [-0.39, 0.29) is 0 Å². The van der Waals surface area contributed by atoms with Gasteiger partial charge in [0.05, 0.1) is 11.3 Å². The Morgan fingerprint density at radius 2 is 2.11 bits per heavy atom. The van der Waals surface area contributed by atoms with Crippen LogP contribution in [0.1, 0.15) is 11.3 Å². The van der Waals surface area contributed by atoms with Crippen molar-refractivity contribution in [2.24, 2.45) is 0 Å². The van der Waals surface area contributed by atoms with Crippen LogP contribution in [0, 0.1) is 11.3 Å². The summed E-state index contributed by atoms with van der Waals surface area (Å²) in [6.07, 6.45) is 4.18. The van der Waals surface area contributed by atoms with Gasteiger partial charge in [-0.3, -0.25) is 4.98 Å².